The largest absolute Gasteiger partial charge is 0.389 e. The lowest BCUT2D eigenvalue weighted by molar-refractivity contribution is 0.0326. The third-order valence-electron chi connectivity index (χ3n) is 4.43. The quantitative estimate of drug-likeness (QED) is 0.604. The van der Waals surface area contributed by atoms with Crippen molar-refractivity contribution in [2.75, 3.05) is 19.8 Å². The maximum absolute atomic E-state index is 9.90. The molecule has 0 saturated heterocycles. The Labute approximate surface area is 125 Å². The van der Waals surface area contributed by atoms with E-state index in [9.17, 15) is 5.11 Å². The molecule has 0 spiro atoms. The van der Waals surface area contributed by atoms with E-state index in [2.05, 4.69) is 26.1 Å². The van der Waals surface area contributed by atoms with Gasteiger partial charge in [-0.15, -0.1) is 0 Å². The Kier molecular flexibility index (Phi) is 8.74. The Bertz CT molecular complexity index is 233. The van der Waals surface area contributed by atoms with Crippen molar-refractivity contribution in [3.05, 3.63) is 0 Å². The molecule has 0 amide bonds. The van der Waals surface area contributed by atoms with Crippen LogP contribution in [0.15, 0.2) is 0 Å². The van der Waals surface area contributed by atoms with Crippen molar-refractivity contribution in [3.63, 3.8) is 0 Å². The first-order valence-electron chi connectivity index (χ1n) is 8.52. The predicted molar refractivity (Wildman–Crippen MR) is 85.0 cm³/mol. The lowest BCUT2D eigenvalue weighted by Gasteiger charge is -2.35. The number of nitrogens with one attached hydrogen (secondary N) is 1. The third kappa shape index (κ3) is 8.23. The van der Waals surface area contributed by atoms with Crippen LogP contribution < -0.4 is 5.32 Å². The molecule has 0 aromatic heterocycles. The summed E-state index contributed by atoms with van der Waals surface area (Å²) in [5.41, 5.74) is 0.512. The molecule has 0 heterocycles. The molecule has 0 aromatic carbocycles. The first-order valence-corrected chi connectivity index (χ1v) is 8.52. The molecule has 0 aromatic rings. The Morgan fingerprint density at radius 2 is 1.90 bits per heavy atom. The molecule has 0 radical (unpaired) electrons. The van der Waals surface area contributed by atoms with Gasteiger partial charge in [0.2, 0.25) is 0 Å². The summed E-state index contributed by atoms with van der Waals surface area (Å²) in [5.74, 6) is 0. The maximum Gasteiger partial charge on any atom is 0.0897 e. The minimum atomic E-state index is -0.365. The summed E-state index contributed by atoms with van der Waals surface area (Å²) >= 11 is 0. The highest BCUT2D eigenvalue weighted by molar-refractivity contribution is 4.82. The Morgan fingerprint density at radius 3 is 2.55 bits per heavy atom. The lowest BCUT2D eigenvalue weighted by atomic mass is 9.75. The van der Waals surface area contributed by atoms with Gasteiger partial charge in [-0.2, -0.15) is 0 Å². The van der Waals surface area contributed by atoms with Gasteiger partial charge in [0.05, 0.1) is 12.7 Å². The normalized spacial score (nSPS) is 21.0. The van der Waals surface area contributed by atoms with Crippen molar-refractivity contribution in [1.82, 2.24) is 5.32 Å². The second-order valence-corrected chi connectivity index (χ2v) is 7.14. The number of hydrogen-bond acceptors (Lipinski definition) is 3. The summed E-state index contributed by atoms with van der Waals surface area (Å²) in [6.07, 6.45) is 9.57. The topological polar surface area (TPSA) is 41.5 Å². The average molecular weight is 285 g/mol. The summed E-state index contributed by atoms with van der Waals surface area (Å²) in [4.78, 5) is 0. The fourth-order valence-corrected chi connectivity index (χ4v) is 2.82. The van der Waals surface area contributed by atoms with Gasteiger partial charge in [-0.1, -0.05) is 40.0 Å². The SMILES string of the molecule is CCCCCCOCC(O)CNC1CCC(C)(C)CC1. The zero-order chi connectivity index (χ0) is 14.8. The molecule has 1 aliphatic carbocycles. The molecule has 120 valence electrons. The van der Waals surface area contributed by atoms with Crippen LogP contribution in [0.5, 0.6) is 0 Å². The zero-order valence-electron chi connectivity index (χ0n) is 13.8. The minimum absolute atomic E-state index is 0.365. The van der Waals surface area contributed by atoms with Crippen LogP contribution in [0.3, 0.4) is 0 Å². The summed E-state index contributed by atoms with van der Waals surface area (Å²) in [6, 6.07) is 0.585. The number of ether oxygens (including phenoxy) is 1. The van der Waals surface area contributed by atoms with Gasteiger partial charge in [-0.3, -0.25) is 0 Å². The molecule has 2 N–H and O–H groups in total. The fourth-order valence-electron chi connectivity index (χ4n) is 2.82. The Balaban J connectivity index is 1.96. The molecule has 0 bridgehead atoms. The third-order valence-corrected chi connectivity index (χ3v) is 4.43. The van der Waals surface area contributed by atoms with Gasteiger partial charge in [0.15, 0.2) is 0 Å². The summed E-state index contributed by atoms with van der Waals surface area (Å²) in [7, 11) is 0. The number of aliphatic hydroxyl groups is 1. The van der Waals surface area contributed by atoms with E-state index in [1.807, 2.05) is 0 Å². The van der Waals surface area contributed by atoms with E-state index in [0.717, 1.165) is 13.0 Å². The molecule has 20 heavy (non-hydrogen) atoms. The van der Waals surface area contributed by atoms with Crippen molar-refractivity contribution < 1.29 is 9.84 Å². The van der Waals surface area contributed by atoms with Crippen molar-refractivity contribution in [1.29, 1.82) is 0 Å². The second kappa shape index (κ2) is 9.75. The van der Waals surface area contributed by atoms with E-state index in [4.69, 9.17) is 4.74 Å². The van der Waals surface area contributed by atoms with Gasteiger partial charge in [-0.25, -0.2) is 0 Å². The average Bonchev–Trinajstić information content (AvgIpc) is 2.41. The molecule has 1 fully saturated rings. The zero-order valence-corrected chi connectivity index (χ0v) is 13.8. The molecule has 1 atom stereocenters. The molecular weight excluding hydrogens is 250 g/mol. The van der Waals surface area contributed by atoms with Crippen LogP contribution in [0.1, 0.15) is 72.1 Å². The Morgan fingerprint density at radius 1 is 1.20 bits per heavy atom. The van der Waals surface area contributed by atoms with Crippen LogP contribution >= 0.6 is 0 Å². The standard InChI is InChI=1S/C17H35NO2/c1-4-5-6-7-12-20-14-16(19)13-18-15-8-10-17(2,3)11-9-15/h15-16,18-19H,4-14H2,1-3H3. The van der Waals surface area contributed by atoms with E-state index in [0.29, 0.717) is 24.6 Å². The number of unbranched alkanes of at least 4 members (excludes halogenated alkanes) is 3. The first-order chi connectivity index (χ1) is 9.53. The van der Waals surface area contributed by atoms with Crippen LogP contribution in [0, 0.1) is 5.41 Å². The van der Waals surface area contributed by atoms with E-state index < -0.39 is 0 Å². The smallest absolute Gasteiger partial charge is 0.0897 e. The van der Waals surface area contributed by atoms with Crippen molar-refractivity contribution >= 4 is 0 Å². The molecule has 3 nitrogen and oxygen atoms in total. The van der Waals surface area contributed by atoms with E-state index in [1.54, 1.807) is 0 Å². The van der Waals surface area contributed by atoms with Crippen LogP contribution in [0.2, 0.25) is 0 Å². The summed E-state index contributed by atoms with van der Waals surface area (Å²) < 4.78 is 5.52. The predicted octanol–water partition coefficient (Wildman–Crippen LogP) is 3.50. The first kappa shape index (κ1) is 17.9. The van der Waals surface area contributed by atoms with Gasteiger partial charge in [0.1, 0.15) is 0 Å². The maximum atomic E-state index is 9.90. The van der Waals surface area contributed by atoms with Gasteiger partial charge in [0.25, 0.3) is 0 Å². The molecule has 1 unspecified atom stereocenters. The Hall–Kier alpha value is -0.120. The highest BCUT2D eigenvalue weighted by atomic mass is 16.5. The molecule has 0 aliphatic heterocycles. The van der Waals surface area contributed by atoms with E-state index in [1.165, 1.54) is 44.9 Å². The number of rotatable bonds is 10. The molecule has 1 aliphatic rings. The monoisotopic (exact) mass is 285 g/mol. The van der Waals surface area contributed by atoms with Crippen molar-refractivity contribution in [2.45, 2.75) is 84.3 Å². The highest BCUT2D eigenvalue weighted by Gasteiger charge is 2.26. The van der Waals surface area contributed by atoms with Crippen LogP contribution in [0.4, 0.5) is 0 Å². The molecule has 1 saturated carbocycles. The van der Waals surface area contributed by atoms with E-state index >= 15 is 0 Å². The second-order valence-electron chi connectivity index (χ2n) is 7.14. The number of aliphatic hydroxyl groups excluding tert-OH is 1. The van der Waals surface area contributed by atoms with Crippen LogP contribution in [-0.4, -0.2) is 37.0 Å². The van der Waals surface area contributed by atoms with Gasteiger partial charge < -0.3 is 15.2 Å². The molecule has 1 rings (SSSR count). The fraction of sp³-hybridized carbons (Fsp3) is 1.00. The highest BCUT2D eigenvalue weighted by Crippen LogP contribution is 2.34. The van der Waals surface area contributed by atoms with Crippen LogP contribution in [0.25, 0.3) is 0 Å². The van der Waals surface area contributed by atoms with Crippen molar-refractivity contribution in [2.24, 2.45) is 5.41 Å². The summed E-state index contributed by atoms with van der Waals surface area (Å²) in [6.45, 7) is 8.84. The minimum Gasteiger partial charge on any atom is -0.389 e. The van der Waals surface area contributed by atoms with Crippen LogP contribution in [-0.2, 0) is 4.74 Å². The van der Waals surface area contributed by atoms with Gasteiger partial charge in [0, 0.05) is 19.2 Å². The van der Waals surface area contributed by atoms with Gasteiger partial charge in [-0.05, 0) is 37.5 Å². The van der Waals surface area contributed by atoms with E-state index in [-0.39, 0.29) is 6.10 Å². The molecule has 3 heteroatoms. The summed E-state index contributed by atoms with van der Waals surface area (Å²) in [5, 5.41) is 13.4. The molecular formula is C17H35NO2. The lowest BCUT2D eigenvalue weighted by Crippen LogP contribution is -2.40. The van der Waals surface area contributed by atoms with Gasteiger partial charge >= 0.3 is 0 Å². The number of hydrogen-bond donors (Lipinski definition) is 2. The van der Waals surface area contributed by atoms with Crippen molar-refractivity contribution in [3.8, 4) is 0 Å².